The molecule has 1 aromatic rings. The first kappa shape index (κ1) is 14.4. The van der Waals surface area contributed by atoms with E-state index in [0.29, 0.717) is 24.8 Å². The predicted octanol–water partition coefficient (Wildman–Crippen LogP) is 1.40. The Labute approximate surface area is 106 Å². The number of ether oxygens (including phenoxy) is 1. The Morgan fingerprint density at radius 1 is 1.44 bits per heavy atom. The molecule has 6 heteroatoms. The molecule has 4 N–H and O–H groups in total. The molecule has 0 bridgehead atoms. The average molecular weight is 254 g/mol. The van der Waals surface area contributed by atoms with Gasteiger partial charge in [-0.2, -0.15) is 0 Å². The number of hydrogen-bond acceptors (Lipinski definition) is 3. The Morgan fingerprint density at radius 3 is 2.83 bits per heavy atom. The molecule has 0 unspecified atom stereocenters. The number of nitrogens with zero attached hydrogens (tertiary/aromatic N) is 1. The van der Waals surface area contributed by atoms with E-state index in [-0.39, 0.29) is 5.82 Å². The number of aliphatic imine (C=N–C) groups is 1. The van der Waals surface area contributed by atoms with Crippen LogP contribution in [0, 0.1) is 12.7 Å². The van der Waals surface area contributed by atoms with E-state index >= 15 is 0 Å². The lowest BCUT2D eigenvalue weighted by atomic mass is 10.2. The van der Waals surface area contributed by atoms with Gasteiger partial charge in [-0.15, -0.1) is 0 Å². The van der Waals surface area contributed by atoms with Gasteiger partial charge in [-0.05, 0) is 37.1 Å². The molecule has 0 aliphatic rings. The lowest BCUT2D eigenvalue weighted by molar-refractivity contribution is 0.197. The van der Waals surface area contributed by atoms with Gasteiger partial charge in [-0.1, -0.05) is 0 Å². The van der Waals surface area contributed by atoms with Crippen LogP contribution in [0.5, 0.6) is 0 Å². The van der Waals surface area contributed by atoms with Gasteiger partial charge in [0.15, 0.2) is 0 Å². The van der Waals surface area contributed by atoms with Crippen LogP contribution in [0.4, 0.5) is 10.1 Å². The molecule has 0 aromatic heterocycles. The third-order valence-corrected chi connectivity index (χ3v) is 2.22. The van der Waals surface area contributed by atoms with Crippen LogP contribution >= 0.6 is 0 Å². The van der Waals surface area contributed by atoms with Crippen LogP contribution in [-0.2, 0) is 4.74 Å². The van der Waals surface area contributed by atoms with Gasteiger partial charge in [0.25, 0.3) is 0 Å². The highest BCUT2D eigenvalue weighted by molar-refractivity contribution is 5.93. The highest BCUT2D eigenvalue weighted by Crippen LogP contribution is 2.12. The normalized spacial score (nSPS) is 11.4. The van der Waals surface area contributed by atoms with Crippen LogP contribution in [-0.4, -0.2) is 26.2 Å². The number of halogens is 1. The van der Waals surface area contributed by atoms with E-state index in [4.69, 9.17) is 10.6 Å². The van der Waals surface area contributed by atoms with Gasteiger partial charge in [-0.3, -0.25) is 10.4 Å². The molecule has 0 aliphatic carbocycles. The highest BCUT2D eigenvalue weighted by atomic mass is 19.1. The summed E-state index contributed by atoms with van der Waals surface area (Å²) in [5.41, 5.74) is 3.88. The van der Waals surface area contributed by atoms with Gasteiger partial charge in [0, 0.05) is 25.9 Å². The summed E-state index contributed by atoms with van der Waals surface area (Å²) in [6.45, 7) is 3.04. The van der Waals surface area contributed by atoms with Crippen molar-refractivity contribution in [3.63, 3.8) is 0 Å². The number of hydrogen-bond donors (Lipinski definition) is 3. The second-order valence-electron chi connectivity index (χ2n) is 3.86. The Morgan fingerprint density at radius 2 is 2.22 bits per heavy atom. The van der Waals surface area contributed by atoms with Gasteiger partial charge < -0.3 is 10.1 Å². The van der Waals surface area contributed by atoms with E-state index in [1.54, 1.807) is 7.11 Å². The van der Waals surface area contributed by atoms with Crippen LogP contribution < -0.4 is 16.6 Å². The quantitative estimate of drug-likeness (QED) is 0.244. The number of benzene rings is 1. The Hall–Kier alpha value is -1.66. The van der Waals surface area contributed by atoms with Crippen molar-refractivity contribution in [2.45, 2.75) is 13.3 Å². The van der Waals surface area contributed by atoms with Crippen LogP contribution in [0.2, 0.25) is 0 Å². The molecule has 18 heavy (non-hydrogen) atoms. The van der Waals surface area contributed by atoms with Crippen LogP contribution in [0.1, 0.15) is 12.0 Å². The van der Waals surface area contributed by atoms with E-state index < -0.39 is 0 Å². The number of guanidine groups is 1. The summed E-state index contributed by atoms with van der Waals surface area (Å²) in [6, 6.07) is 4.65. The largest absolute Gasteiger partial charge is 0.385 e. The lowest BCUT2D eigenvalue weighted by Gasteiger charge is -2.10. The molecule has 1 rings (SSSR count). The SMILES string of the molecule is COCCCN=C(NN)Nc1cc(C)cc(F)c1. The molecule has 0 saturated carbocycles. The minimum absolute atomic E-state index is 0.298. The minimum Gasteiger partial charge on any atom is -0.385 e. The van der Waals surface area contributed by atoms with Gasteiger partial charge >= 0.3 is 0 Å². The molecule has 0 spiro atoms. The smallest absolute Gasteiger partial charge is 0.210 e. The second-order valence-corrected chi connectivity index (χ2v) is 3.86. The Balaban J connectivity index is 2.61. The average Bonchev–Trinajstić information content (AvgIpc) is 2.32. The van der Waals surface area contributed by atoms with Crippen molar-refractivity contribution in [3.05, 3.63) is 29.6 Å². The highest BCUT2D eigenvalue weighted by Gasteiger charge is 2.01. The zero-order chi connectivity index (χ0) is 13.4. The van der Waals surface area contributed by atoms with Gasteiger partial charge in [0.1, 0.15) is 5.82 Å². The number of methoxy groups -OCH3 is 1. The molecule has 0 atom stereocenters. The number of nitrogens with one attached hydrogen (secondary N) is 2. The molecule has 1 aromatic carbocycles. The maximum Gasteiger partial charge on any atom is 0.210 e. The molecular formula is C12H19FN4O. The van der Waals surface area contributed by atoms with Crippen molar-refractivity contribution >= 4 is 11.6 Å². The van der Waals surface area contributed by atoms with E-state index in [9.17, 15) is 4.39 Å². The first-order valence-corrected chi connectivity index (χ1v) is 5.70. The van der Waals surface area contributed by atoms with E-state index in [2.05, 4.69) is 15.7 Å². The maximum atomic E-state index is 13.2. The molecule has 0 fully saturated rings. The number of aryl methyl sites for hydroxylation is 1. The monoisotopic (exact) mass is 254 g/mol. The molecule has 0 amide bonds. The maximum absolute atomic E-state index is 13.2. The van der Waals surface area contributed by atoms with Crippen molar-refractivity contribution in [3.8, 4) is 0 Å². The zero-order valence-electron chi connectivity index (χ0n) is 10.7. The van der Waals surface area contributed by atoms with E-state index in [1.807, 2.05) is 13.0 Å². The van der Waals surface area contributed by atoms with Crippen molar-refractivity contribution in [2.24, 2.45) is 10.8 Å². The summed E-state index contributed by atoms with van der Waals surface area (Å²) < 4.78 is 18.1. The van der Waals surface area contributed by atoms with Crippen molar-refractivity contribution in [1.29, 1.82) is 0 Å². The molecule has 100 valence electrons. The minimum atomic E-state index is -0.298. The van der Waals surface area contributed by atoms with Gasteiger partial charge in [0.05, 0.1) is 0 Å². The van der Waals surface area contributed by atoms with Crippen LogP contribution in [0.25, 0.3) is 0 Å². The Bertz CT molecular complexity index is 389. The topological polar surface area (TPSA) is 71.7 Å². The fraction of sp³-hybridized carbons (Fsp3) is 0.417. The van der Waals surface area contributed by atoms with Crippen molar-refractivity contribution < 1.29 is 9.13 Å². The molecule has 0 heterocycles. The van der Waals surface area contributed by atoms with Crippen LogP contribution in [0.3, 0.4) is 0 Å². The number of anilines is 1. The number of hydrazine groups is 1. The lowest BCUT2D eigenvalue weighted by Crippen LogP contribution is -2.36. The summed E-state index contributed by atoms with van der Waals surface area (Å²) in [5, 5.41) is 2.92. The third kappa shape index (κ3) is 5.11. The van der Waals surface area contributed by atoms with Gasteiger partial charge in [-0.25, -0.2) is 10.2 Å². The molecule has 0 radical (unpaired) electrons. The zero-order valence-corrected chi connectivity index (χ0v) is 10.7. The fourth-order valence-corrected chi connectivity index (χ4v) is 1.47. The first-order valence-electron chi connectivity index (χ1n) is 5.70. The molecule has 0 aliphatic heterocycles. The van der Waals surface area contributed by atoms with Crippen molar-refractivity contribution in [2.75, 3.05) is 25.6 Å². The molecular weight excluding hydrogens is 235 g/mol. The van der Waals surface area contributed by atoms with E-state index in [0.717, 1.165) is 12.0 Å². The Kier molecular flexibility index (Phi) is 6.10. The first-order chi connectivity index (χ1) is 8.65. The van der Waals surface area contributed by atoms with E-state index in [1.165, 1.54) is 12.1 Å². The molecule has 5 nitrogen and oxygen atoms in total. The summed E-state index contributed by atoms with van der Waals surface area (Å²) in [7, 11) is 1.64. The summed E-state index contributed by atoms with van der Waals surface area (Å²) in [6.07, 6.45) is 0.797. The van der Waals surface area contributed by atoms with Crippen LogP contribution in [0.15, 0.2) is 23.2 Å². The summed E-state index contributed by atoms with van der Waals surface area (Å²) in [4.78, 5) is 4.20. The number of rotatable bonds is 5. The standard InChI is InChI=1S/C12H19FN4O/c1-9-6-10(13)8-11(7-9)16-12(17-14)15-4-3-5-18-2/h6-8H,3-5,14H2,1-2H3,(H2,15,16,17). The predicted molar refractivity (Wildman–Crippen MR) is 70.9 cm³/mol. The number of nitrogens with two attached hydrogens (primary N) is 1. The second kappa shape index (κ2) is 7.62. The summed E-state index contributed by atoms with van der Waals surface area (Å²) >= 11 is 0. The van der Waals surface area contributed by atoms with Crippen molar-refractivity contribution in [1.82, 2.24) is 5.43 Å². The third-order valence-electron chi connectivity index (χ3n) is 2.22. The summed E-state index contributed by atoms with van der Waals surface area (Å²) in [5.74, 6) is 5.44. The molecule has 0 saturated heterocycles. The fourth-order valence-electron chi connectivity index (χ4n) is 1.47. The van der Waals surface area contributed by atoms with Gasteiger partial charge in [0.2, 0.25) is 5.96 Å².